The fourth-order valence-electron chi connectivity index (χ4n) is 2.51. The van der Waals surface area contributed by atoms with Gasteiger partial charge < -0.3 is 14.9 Å². The normalized spacial score (nSPS) is 11.6. The molecule has 0 aliphatic rings. The van der Waals surface area contributed by atoms with Gasteiger partial charge in [-0.2, -0.15) is 0 Å². The highest BCUT2D eigenvalue weighted by Gasteiger charge is 2.30. The number of aryl methyl sites for hydroxylation is 2. The average molecular weight is 389 g/mol. The molecule has 27 heavy (non-hydrogen) atoms. The summed E-state index contributed by atoms with van der Waals surface area (Å²) in [6.07, 6.45) is 2.99. The van der Waals surface area contributed by atoms with Gasteiger partial charge in [0.05, 0.1) is 5.56 Å². The van der Waals surface area contributed by atoms with E-state index in [2.05, 4.69) is 0 Å². The molecule has 0 bridgehead atoms. The lowest BCUT2D eigenvalue weighted by molar-refractivity contribution is -0.152. The summed E-state index contributed by atoms with van der Waals surface area (Å²) in [4.78, 5) is 23.5. The summed E-state index contributed by atoms with van der Waals surface area (Å²) in [5.74, 6) is -1.09. The van der Waals surface area contributed by atoms with E-state index in [0.717, 1.165) is 16.7 Å². The van der Waals surface area contributed by atoms with Gasteiger partial charge in [-0.05, 0) is 80.8 Å². The quantitative estimate of drug-likeness (QED) is 0.548. The van der Waals surface area contributed by atoms with Crippen LogP contribution in [0.25, 0.3) is 6.08 Å². The third-order valence-corrected chi connectivity index (χ3v) is 4.24. The molecule has 0 fully saturated rings. The first-order valence-electron chi connectivity index (χ1n) is 8.26. The number of phenols is 1. The van der Waals surface area contributed by atoms with Crippen LogP contribution >= 0.6 is 11.6 Å². The van der Waals surface area contributed by atoms with Crippen LogP contribution in [0.1, 0.15) is 40.9 Å². The Bertz CT molecular complexity index is 905. The molecule has 0 atom stereocenters. The molecule has 5 nitrogen and oxygen atoms in total. The van der Waals surface area contributed by atoms with E-state index in [0.29, 0.717) is 10.8 Å². The van der Waals surface area contributed by atoms with Crippen LogP contribution in [0.15, 0.2) is 36.4 Å². The van der Waals surface area contributed by atoms with Crippen LogP contribution in [0.5, 0.6) is 11.5 Å². The van der Waals surface area contributed by atoms with Gasteiger partial charge in [-0.15, -0.1) is 0 Å². The minimum absolute atomic E-state index is 0.159. The van der Waals surface area contributed by atoms with Gasteiger partial charge >= 0.3 is 5.97 Å². The number of aliphatic carboxylic acids is 1. The molecule has 142 valence electrons. The predicted molar refractivity (Wildman–Crippen MR) is 105 cm³/mol. The number of ether oxygens (including phenoxy) is 1. The number of phenolic OH excluding ortho intramolecular Hbond substituents is 1. The lowest BCUT2D eigenvalue weighted by Crippen LogP contribution is -2.38. The highest BCUT2D eigenvalue weighted by atomic mass is 35.5. The average Bonchev–Trinajstić information content (AvgIpc) is 2.56. The van der Waals surface area contributed by atoms with Crippen molar-refractivity contribution in [2.45, 2.75) is 33.3 Å². The van der Waals surface area contributed by atoms with Crippen molar-refractivity contribution in [1.29, 1.82) is 0 Å². The molecule has 0 heterocycles. The zero-order valence-electron chi connectivity index (χ0n) is 15.5. The van der Waals surface area contributed by atoms with Crippen LogP contribution in [-0.2, 0) is 4.79 Å². The standard InChI is InChI=1S/C21H21ClO5/c1-12-9-14(10-13(2)19(12)27-21(3,4)20(25)26)5-8-17(23)16-7-6-15(22)11-18(16)24/h5-11,24H,1-4H3,(H,25,26)/b8-5+. The van der Waals surface area contributed by atoms with Crippen LogP contribution in [0, 0.1) is 13.8 Å². The molecular weight excluding hydrogens is 368 g/mol. The Kier molecular flexibility index (Phi) is 5.96. The van der Waals surface area contributed by atoms with Gasteiger partial charge in [0.2, 0.25) is 0 Å². The van der Waals surface area contributed by atoms with Crippen molar-refractivity contribution in [1.82, 2.24) is 0 Å². The van der Waals surface area contributed by atoms with Crippen molar-refractivity contribution in [2.24, 2.45) is 0 Å². The number of aromatic hydroxyl groups is 1. The van der Waals surface area contributed by atoms with Gasteiger partial charge in [0, 0.05) is 5.02 Å². The monoisotopic (exact) mass is 388 g/mol. The van der Waals surface area contributed by atoms with Gasteiger partial charge in [0.25, 0.3) is 0 Å². The smallest absolute Gasteiger partial charge is 0.347 e. The zero-order valence-corrected chi connectivity index (χ0v) is 16.3. The fraction of sp³-hybridized carbons (Fsp3) is 0.238. The summed E-state index contributed by atoms with van der Waals surface area (Å²) in [5.41, 5.74) is 1.07. The minimum Gasteiger partial charge on any atom is -0.507 e. The lowest BCUT2D eigenvalue weighted by atomic mass is 10.0. The van der Waals surface area contributed by atoms with Crippen LogP contribution in [0.4, 0.5) is 0 Å². The number of allylic oxidation sites excluding steroid dienone is 1. The van der Waals surface area contributed by atoms with E-state index in [4.69, 9.17) is 16.3 Å². The number of hydrogen-bond donors (Lipinski definition) is 2. The summed E-state index contributed by atoms with van der Waals surface area (Å²) in [6, 6.07) is 7.91. The van der Waals surface area contributed by atoms with Crippen molar-refractivity contribution in [3.05, 3.63) is 63.7 Å². The molecule has 0 saturated carbocycles. The Balaban J connectivity index is 2.26. The zero-order chi connectivity index (χ0) is 20.4. The van der Waals surface area contributed by atoms with Crippen molar-refractivity contribution in [3.8, 4) is 11.5 Å². The Hall–Kier alpha value is -2.79. The molecule has 0 aliphatic carbocycles. The van der Waals surface area contributed by atoms with Gasteiger partial charge in [-0.25, -0.2) is 4.79 Å². The summed E-state index contributed by atoms with van der Waals surface area (Å²) in [5, 5.41) is 19.4. The van der Waals surface area contributed by atoms with E-state index in [-0.39, 0.29) is 17.1 Å². The van der Waals surface area contributed by atoms with Gasteiger partial charge in [0.15, 0.2) is 11.4 Å². The molecule has 2 aromatic rings. The van der Waals surface area contributed by atoms with Gasteiger partial charge in [-0.3, -0.25) is 4.79 Å². The van der Waals surface area contributed by atoms with Crippen molar-refractivity contribution in [3.63, 3.8) is 0 Å². The van der Waals surface area contributed by atoms with E-state index in [1.54, 1.807) is 18.2 Å². The number of ketones is 1. The van der Waals surface area contributed by atoms with Crippen molar-refractivity contribution < 1.29 is 24.5 Å². The number of carboxylic acids is 1. The van der Waals surface area contributed by atoms with Crippen LogP contribution < -0.4 is 4.74 Å². The second-order valence-electron chi connectivity index (χ2n) is 6.76. The van der Waals surface area contributed by atoms with Gasteiger partial charge in [-0.1, -0.05) is 17.7 Å². The Morgan fingerprint density at radius 3 is 2.22 bits per heavy atom. The molecular formula is C21H21ClO5. The largest absolute Gasteiger partial charge is 0.507 e. The Labute approximate surface area is 162 Å². The summed E-state index contributed by atoms with van der Waals surface area (Å²) in [6.45, 7) is 6.59. The third-order valence-electron chi connectivity index (χ3n) is 4.01. The SMILES string of the molecule is Cc1cc(/C=C/C(=O)c2ccc(Cl)cc2O)cc(C)c1OC(C)(C)C(=O)O. The van der Waals surface area contributed by atoms with Crippen LogP contribution in [0.2, 0.25) is 5.02 Å². The first kappa shape index (κ1) is 20.5. The van der Waals surface area contributed by atoms with Crippen molar-refractivity contribution >= 4 is 29.4 Å². The second kappa shape index (κ2) is 7.84. The first-order chi connectivity index (χ1) is 12.5. The van der Waals surface area contributed by atoms with E-state index < -0.39 is 11.6 Å². The van der Waals surface area contributed by atoms with E-state index in [1.165, 1.54) is 38.1 Å². The molecule has 6 heteroatoms. The number of carboxylic acid groups (broad SMARTS) is 1. The summed E-state index contributed by atoms with van der Waals surface area (Å²) in [7, 11) is 0. The lowest BCUT2D eigenvalue weighted by Gasteiger charge is -2.24. The number of carbonyl (C=O) groups is 2. The number of carbonyl (C=O) groups excluding carboxylic acids is 1. The molecule has 2 N–H and O–H groups in total. The first-order valence-corrected chi connectivity index (χ1v) is 8.63. The molecule has 0 spiro atoms. The molecule has 2 aromatic carbocycles. The number of rotatable bonds is 6. The second-order valence-corrected chi connectivity index (χ2v) is 7.20. The van der Waals surface area contributed by atoms with Gasteiger partial charge in [0.1, 0.15) is 11.5 Å². The molecule has 2 rings (SSSR count). The number of halogens is 1. The molecule has 0 saturated heterocycles. The van der Waals surface area contributed by atoms with Crippen LogP contribution in [-0.4, -0.2) is 27.6 Å². The Morgan fingerprint density at radius 1 is 1.11 bits per heavy atom. The maximum Gasteiger partial charge on any atom is 0.347 e. The van der Waals surface area contributed by atoms with E-state index in [9.17, 15) is 19.8 Å². The van der Waals surface area contributed by atoms with E-state index >= 15 is 0 Å². The molecule has 0 amide bonds. The molecule has 0 unspecified atom stereocenters. The number of hydrogen-bond acceptors (Lipinski definition) is 4. The highest BCUT2D eigenvalue weighted by Crippen LogP contribution is 2.29. The van der Waals surface area contributed by atoms with Crippen LogP contribution in [0.3, 0.4) is 0 Å². The molecule has 0 radical (unpaired) electrons. The molecule has 0 aliphatic heterocycles. The topological polar surface area (TPSA) is 83.8 Å². The van der Waals surface area contributed by atoms with E-state index in [1.807, 2.05) is 13.8 Å². The minimum atomic E-state index is -1.35. The molecule has 0 aromatic heterocycles. The fourth-order valence-corrected chi connectivity index (χ4v) is 2.68. The highest BCUT2D eigenvalue weighted by molar-refractivity contribution is 6.31. The predicted octanol–water partition coefficient (Wildman–Crippen LogP) is 4.80. The Morgan fingerprint density at radius 2 is 1.70 bits per heavy atom. The summed E-state index contributed by atoms with van der Waals surface area (Å²) >= 11 is 5.77. The summed E-state index contributed by atoms with van der Waals surface area (Å²) < 4.78 is 5.67. The maximum absolute atomic E-state index is 12.3. The van der Waals surface area contributed by atoms with Crippen molar-refractivity contribution in [2.75, 3.05) is 0 Å². The number of benzene rings is 2. The maximum atomic E-state index is 12.3. The third kappa shape index (κ3) is 4.89.